The second kappa shape index (κ2) is 6.77. The lowest BCUT2D eigenvalue weighted by Crippen LogP contribution is -2.15. The third-order valence-corrected chi connectivity index (χ3v) is 2.95. The van der Waals surface area contributed by atoms with Crippen molar-refractivity contribution in [2.24, 2.45) is 5.92 Å². The summed E-state index contributed by atoms with van der Waals surface area (Å²) in [6.45, 7) is 5.26. The summed E-state index contributed by atoms with van der Waals surface area (Å²) in [7, 11) is 0. The quantitative estimate of drug-likeness (QED) is 0.875. The van der Waals surface area contributed by atoms with Crippen LogP contribution in [0.5, 0.6) is 5.75 Å². The second-order valence-electron chi connectivity index (χ2n) is 4.17. The highest BCUT2D eigenvalue weighted by Crippen LogP contribution is 2.16. The summed E-state index contributed by atoms with van der Waals surface area (Å²) >= 11 is 0. The minimum atomic E-state index is 0. The summed E-state index contributed by atoms with van der Waals surface area (Å²) in [4.78, 5) is 0. The number of nitrogens with one attached hydrogen (secondary N) is 1. The molecule has 16 heavy (non-hydrogen) atoms. The third-order valence-electron chi connectivity index (χ3n) is 2.95. The molecule has 1 aliphatic rings. The van der Waals surface area contributed by atoms with Gasteiger partial charge in [-0.05, 0) is 37.1 Å². The van der Waals surface area contributed by atoms with Crippen LogP contribution >= 0.6 is 12.4 Å². The SMILES string of the molecule is CCc1cccc(OC[C@@H]2CCNC2)c1.Cl. The number of hydrogen-bond donors (Lipinski definition) is 1. The van der Waals surface area contributed by atoms with Crippen LogP contribution < -0.4 is 10.1 Å². The average molecular weight is 242 g/mol. The Morgan fingerprint density at radius 2 is 2.31 bits per heavy atom. The third kappa shape index (κ3) is 3.69. The molecule has 1 atom stereocenters. The van der Waals surface area contributed by atoms with Gasteiger partial charge >= 0.3 is 0 Å². The number of benzene rings is 1. The number of rotatable bonds is 4. The van der Waals surface area contributed by atoms with Gasteiger partial charge in [0.05, 0.1) is 6.61 Å². The first-order chi connectivity index (χ1) is 7.38. The maximum absolute atomic E-state index is 5.79. The van der Waals surface area contributed by atoms with Crippen LogP contribution in [0.25, 0.3) is 0 Å². The highest BCUT2D eigenvalue weighted by atomic mass is 35.5. The van der Waals surface area contributed by atoms with E-state index in [0.717, 1.165) is 31.9 Å². The van der Waals surface area contributed by atoms with Gasteiger partial charge in [-0.15, -0.1) is 12.4 Å². The molecule has 1 saturated heterocycles. The Hall–Kier alpha value is -0.730. The molecule has 1 fully saturated rings. The Morgan fingerprint density at radius 1 is 1.44 bits per heavy atom. The molecule has 0 aromatic heterocycles. The molecule has 1 aliphatic heterocycles. The van der Waals surface area contributed by atoms with Gasteiger partial charge in [0.25, 0.3) is 0 Å². The molecule has 90 valence electrons. The van der Waals surface area contributed by atoms with Gasteiger partial charge in [0, 0.05) is 12.5 Å². The molecule has 0 unspecified atom stereocenters. The fraction of sp³-hybridized carbons (Fsp3) is 0.538. The van der Waals surface area contributed by atoms with Crippen molar-refractivity contribution in [3.05, 3.63) is 29.8 Å². The van der Waals surface area contributed by atoms with Crippen molar-refractivity contribution in [2.45, 2.75) is 19.8 Å². The molecular formula is C13H20ClNO. The van der Waals surface area contributed by atoms with Gasteiger partial charge < -0.3 is 10.1 Å². The first kappa shape index (κ1) is 13.3. The first-order valence-electron chi connectivity index (χ1n) is 5.81. The number of hydrogen-bond acceptors (Lipinski definition) is 2. The van der Waals surface area contributed by atoms with Crippen LogP contribution in [-0.4, -0.2) is 19.7 Å². The second-order valence-corrected chi connectivity index (χ2v) is 4.17. The average Bonchev–Trinajstić information content (AvgIpc) is 2.79. The van der Waals surface area contributed by atoms with Gasteiger partial charge in [0.2, 0.25) is 0 Å². The Balaban J connectivity index is 0.00000128. The highest BCUT2D eigenvalue weighted by Gasteiger charge is 2.14. The molecule has 3 heteroatoms. The largest absolute Gasteiger partial charge is 0.493 e. The standard InChI is InChI=1S/C13H19NO.ClH/c1-2-11-4-3-5-13(8-11)15-10-12-6-7-14-9-12;/h3-5,8,12,14H,2,6-7,9-10H2,1H3;1H/t12-;/m1./s1. The van der Waals surface area contributed by atoms with Crippen molar-refractivity contribution >= 4 is 12.4 Å². The first-order valence-corrected chi connectivity index (χ1v) is 5.81. The Labute approximate surface area is 104 Å². The molecule has 2 rings (SSSR count). The van der Waals surface area contributed by atoms with Crippen molar-refractivity contribution in [1.82, 2.24) is 5.32 Å². The molecule has 0 radical (unpaired) electrons. The van der Waals surface area contributed by atoms with E-state index >= 15 is 0 Å². The molecular weight excluding hydrogens is 222 g/mol. The van der Waals surface area contributed by atoms with Gasteiger partial charge in [0.1, 0.15) is 5.75 Å². The van der Waals surface area contributed by atoms with Crippen LogP contribution in [0, 0.1) is 5.92 Å². The van der Waals surface area contributed by atoms with Crippen molar-refractivity contribution < 1.29 is 4.74 Å². The summed E-state index contributed by atoms with van der Waals surface area (Å²) in [5.74, 6) is 1.71. The summed E-state index contributed by atoms with van der Waals surface area (Å²) < 4.78 is 5.79. The van der Waals surface area contributed by atoms with Gasteiger partial charge in [-0.2, -0.15) is 0 Å². The van der Waals surface area contributed by atoms with E-state index in [1.165, 1.54) is 12.0 Å². The smallest absolute Gasteiger partial charge is 0.119 e. The summed E-state index contributed by atoms with van der Waals surface area (Å²) in [5.41, 5.74) is 1.34. The van der Waals surface area contributed by atoms with E-state index in [1.54, 1.807) is 0 Å². The Bertz CT molecular complexity index is 311. The maximum atomic E-state index is 5.79. The molecule has 0 aliphatic carbocycles. The molecule has 1 heterocycles. The van der Waals surface area contributed by atoms with Crippen molar-refractivity contribution in [2.75, 3.05) is 19.7 Å². The zero-order valence-corrected chi connectivity index (χ0v) is 10.6. The zero-order valence-electron chi connectivity index (χ0n) is 9.74. The normalized spacial score (nSPS) is 19.2. The summed E-state index contributed by atoms with van der Waals surface area (Å²) in [6.07, 6.45) is 2.32. The monoisotopic (exact) mass is 241 g/mol. The minimum absolute atomic E-state index is 0. The van der Waals surface area contributed by atoms with Crippen molar-refractivity contribution in [3.8, 4) is 5.75 Å². The predicted molar refractivity (Wildman–Crippen MR) is 69.5 cm³/mol. The predicted octanol–water partition coefficient (Wildman–Crippen LogP) is 2.66. The number of ether oxygens (including phenoxy) is 1. The Morgan fingerprint density at radius 3 is 3.00 bits per heavy atom. The van der Waals surface area contributed by atoms with Crippen LogP contribution in [0.1, 0.15) is 18.9 Å². The van der Waals surface area contributed by atoms with Gasteiger partial charge in [-0.3, -0.25) is 0 Å². The van der Waals surface area contributed by atoms with Gasteiger partial charge in [0.15, 0.2) is 0 Å². The summed E-state index contributed by atoms with van der Waals surface area (Å²) in [5, 5.41) is 3.35. The van der Waals surface area contributed by atoms with Crippen molar-refractivity contribution in [3.63, 3.8) is 0 Å². The molecule has 0 saturated carbocycles. The fourth-order valence-corrected chi connectivity index (χ4v) is 1.93. The number of halogens is 1. The molecule has 0 amide bonds. The Kier molecular flexibility index (Phi) is 5.64. The van der Waals surface area contributed by atoms with Crippen LogP contribution in [0.15, 0.2) is 24.3 Å². The lowest BCUT2D eigenvalue weighted by molar-refractivity contribution is 0.260. The molecule has 0 spiro atoms. The molecule has 1 aromatic rings. The molecule has 0 bridgehead atoms. The fourth-order valence-electron chi connectivity index (χ4n) is 1.93. The van der Waals surface area contributed by atoms with E-state index in [4.69, 9.17) is 4.74 Å². The van der Waals surface area contributed by atoms with E-state index in [9.17, 15) is 0 Å². The topological polar surface area (TPSA) is 21.3 Å². The molecule has 1 N–H and O–H groups in total. The van der Waals surface area contributed by atoms with E-state index in [-0.39, 0.29) is 12.4 Å². The van der Waals surface area contributed by atoms with E-state index in [0.29, 0.717) is 5.92 Å². The zero-order chi connectivity index (χ0) is 10.5. The van der Waals surface area contributed by atoms with Crippen LogP contribution in [0.3, 0.4) is 0 Å². The lowest BCUT2D eigenvalue weighted by atomic mass is 10.1. The van der Waals surface area contributed by atoms with Crippen LogP contribution in [-0.2, 0) is 6.42 Å². The van der Waals surface area contributed by atoms with E-state index in [1.807, 2.05) is 6.07 Å². The van der Waals surface area contributed by atoms with E-state index in [2.05, 4.69) is 30.4 Å². The van der Waals surface area contributed by atoms with E-state index < -0.39 is 0 Å². The van der Waals surface area contributed by atoms with Gasteiger partial charge in [-0.1, -0.05) is 19.1 Å². The highest BCUT2D eigenvalue weighted by molar-refractivity contribution is 5.85. The maximum Gasteiger partial charge on any atom is 0.119 e. The lowest BCUT2D eigenvalue weighted by Gasteiger charge is -2.11. The van der Waals surface area contributed by atoms with Gasteiger partial charge in [-0.25, -0.2) is 0 Å². The molecule has 1 aromatic carbocycles. The minimum Gasteiger partial charge on any atom is -0.493 e. The van der Waals surface area contributed by atoms with Crippen LogP contribution in [0.4, 0.5) is 0 Å². The molecule has 2 nitrogen and oxygen atoms in total. The van der Waals surface area contributed by atoms with Crippen LogP contribution in [0.2, 0.25) is 0 Å². The summed E-state index contributed by atoms with van der Waals surface area (Å²) in [6, 6.07) is 8.40. The van der Waals surface area contributed by atoms with Crippen molar-refractivity contribution in [1.29, 1.82) is 0 Å². The number of aryl methyl sites for hydroxylation is 1.